The highest BCUT2D eigenvalue weighted by Crippen LogP contribution is 2.45. The molecule has 4 rings (SSSR count). The Labute approximate surface area is 234 Å². The highest BCUT2D eigenvalue weighted by Gasteiger charge is 2.34. The minimum Gasteiger partial charge on any atom is -0.486 e. The highest BCUT2D eigenvalue weighted by molar-refractivity contribution is 7.99. The first kappa shape index (κ1) is 28.2. The lowest BCUT2D eigenvalue weighted by Crippen LogP contribution is -2.28. The number of benzene rings is 1. The molecule has 2 aromatic heterocycles. The molecule has 1 aliphatic rings. The Balaban J connectivity index is 1.33. The van der Waals surface area contributed by atoms with Gasteiger partial charge in [-0.05, 0) is 59.8 Å². The standard InChI is InChI=1S/C29H37N5O2S2/c1-7-29(4,5)20-10-13-22-23(15-30)27(38-24(22)14-20)31-26(35)17-37-28-33-32-25(34(28)6)16-36-21-11-8-19(9-12-21)18(2)3/h8-9,11-12,18,20H,7,10,13-14,16-17H2,1-6H3,(H,31,35). The number of hydrogen-bond donors (Lipinski definition) is 1. The van der Waals surface area contributed by atoms with Gasteiger partial charge in [-0.1, -0.05) is 64.9 Å². The Morgan fingerprint density at radius 2 is 2.05 bits per heavy atom. The van der Waals surface area contributed by atoms with Crippen LogP contribution in [-0.4, -0.2) is 26.4 Å². The van der Waals surface area contributed by atoms with Gasteiger partial charge in [0.1, 0.15) is 23.4 Å². The van der Waals surface area contributed by atoms with E-state index < -0.39 is 0 Å². The summed E-state index contributed by atoms with van der Waals surface area (Å²) in [6, 6.07) is 10.4. The smallest absolute Gasteiger partial charge is 0.235 e. The van der Waals surface area contributed by atoms with Gasteiger partial charge in [-0.2, -0.15) is 5.26 Å². The van der Waals surface area contributed by atoms with E-state index in [1.165, 1.54) is 22.2 Å². The first-order valence-electron chi connectivity index (χ1n) is 13.2. The molecule has 1 atom stereocenters. The van der Waals surface area contributed by atoms with E-state index in [0.29, 0.717) is 40.0 Å². The number of nitriles is 1. The van der Waals surface area contributed by atoms with Gasteiger partial charge >= 0.3 is 0 Å². The summed E-state index contributed by atoms with van der Waals surface area (Å²) in [4.78, 5) is 14.1. The number of anilines is 1. The van der Waals surface area contributed by atoms with Gasteiger partial charge in [-0.15, -0.1) is 21.5 Å². The summed E-state index contributed by atoms with van der Waals surface area (Å²) in [5, 5.41) is 22.6. The SMILES string of the molecule is CCC(C)(C)C1CCc2c(sc(NC(=O)CSc3nnc(COc4ccc(C(C)C)cc4)n3C)c2C#N)C1. The number of carbonyl (C=O) groups is 1. The Hall–Kier alpha value is -2.83. The molecule has 3 aromatic rings. The van der Waals surface area contributed by atoms with E-state index >= 15 is 0 Å². The molecule has 1 unspecified atom stereocenters. The third-order valence-electron chi connectivity index (χ3n) is 7.82. The number of thiophene rings is 1. The molecule has 7 nitrogen and oxygen atoms in total. The van der Waals surface area contributed by atoms with Crippen LogP contribution in [0.3, 0.4) is 0 Å². The van der Waals surface area contributed by atoms with Gasteiger partial charge in [0.2, 0.25) is 5.91 Å². The first-order chi connectivity index (χ1) is 18.1. The number of fused-ring (bicyclic) bond motifs is 1. The van der Waals surface area contributed by atoms with Gasteiger partial charge in [0.15, 0.2) is 11.0 Å². The summed E-state index contributed by atoms with van der Waals surface area (Å²) >= 11 is 2.89. The molecule has 38 heavy (non-hydrogen) atoms. The molecule has 2 heterocycles. The molecule has 0 spiro atoms. The second-order valence-corrected chi connectivity index (χ2v) is 13.0. The van der Waals surface area contributed by atoms with Gasteiger partial charge in [0.25, 0.3) is 0 Å². The Morgan fingerprint density at radius 1 is 1.32 bits per heavy atom. The van der Waals surface area contributed by atoms with Crippen molar-refractivity contribution < 1.29 is 9.53 Å². The number of ether oxygens (including phenoxy) is 1. The predicted octanol–water partition coefficient (Wildman–Crippen LogP) is 6.72. The van der Waals surface area contributed by atoms with Crippen LogP contribution in [0.25, 0.3) is 0 Å². The second-order valence-electron chi connectivity index (χ2n) is 10.9. The number of thioether (sulfide) groups is 1. The molecule has 0 saturated carbocycles. The van der Waals surface area contributed by atoms with Gasteiger partial charge in [-0.3, -0.25) is 4.79 Å². The minimum absolute atomic E-state index is 0.151. The van der Waals surface area contributed by atoms with Gasteiger partial charge < -0.3 is 14.6 Å². The Morgan fingerprint density at radius 3 is 2.71 bits per heavy atom. The number of carbonyl (C=O) groups excluding carboxylic acids is 1. The molecule has 0 aliphatic heterocycles. The fourth-order valence-electron chi connectivity index (χ4n) is 4.73. The lowest BCUT2D eigenvalue weighted by molar-refractivity contribution is -0.113. The van der Waals surface area contributed by atoms with E-state index in [-0.39, 0.29) is 17.1 Å². The highest BCUT2D eigenvalue weighted by atomic mass is 32.2. The molecule has 0 radical (unpaired) electrons. The number of nitrogens with zero attached hydrogens (tertiary/aromatic N) is 4. The van der Waals surface area contributed by atoms with Gasteiger partial charge in [0, 0.05) is 11.9 Å². The molecule has 0 saturated heterocycles. The fourth-order valence-corrected chi connectivity index (χ4v) is 6.76. The average Bonchev–Trinajstić information content (AvgIpc) is 3.44. The second kappa shape index (κ2) is 11.9. The number of aromatic nitrogens is 3. The third kappa shape index (κ3) is 6.24. The minimum atomic E-state index is -0.151. The number of amides is 1. The van der Waals surface area contributed by atoms with Crippen LogP contribution in [0.15, 0.2) is 29.4 Å². The molecule has 1 aliphatic carbocycles. The van der Waals surface area contributed by atoms with Crippen molar-refractivity contribution in [2.75, 3.05) is 11.1 Å². The number of rotatable bonds is 10. The summed E-state index contributed by atoms with van der Waals surface area (Å²) < 4.78 is 7.73. The zero-order valence-corrected chi connectivity index (χ0v) is 24.8. The Bertz CT molecular complexity index is 1320. The van der Waals surface area contributed by atoms with E-state index in [1.54, 1.807) is 11.3 Å². The summed E-state index contributed by atoms with van der Waals surface area (Å²) in [5.74, 6) is 2.56. The van der Waals surface area contributed by atoms with Gasteiger partial charge in [0.05, 0.1) is 11.3 Å². The Kier molecular flexibility index (Phi) is 8.84. The lowest BCUT2D eigenvalue weighted by atomic mass is 9.69. The predicted molar refractivity (Wildman–Crippen MR) is 154 cm³/mol. The first-order valence-corrected chi connectivity index (χ1v) is 15.0. The van der Waals surface area contributed by atoms with Crippen LogP contribution in [0.1, 0.15) is 80.8 Å². The largest absolute Gasteiger partial charge is 0.486 e. The van der Waals surface area contributed by atoms with E-state index in [2.05, 4.69) is 68.3 Å². The van der Waals surface area contributed by atoms with Crippen molar-refractivity contribution in [3.63, 3.8) is 0 Å². The van der Waals surface area contributed by atoms with Crippen LogP contribution in [0.2, 0.25) is 0 Å². The van der Waals surface area contributed by atoms with Crippen LogP contribution in [0, 0.1) is 22.7 Å². The van der Waals surface area contributed by atoms with Crippen molar-refractivity contribution in [3.8, 4) is 11.8 Å². The molecule has 1 aromatic carbocycles. The van der Waals surface area contributed by atoms with E-state index in [4.69, 9.17) is 4.74 Å². The zero-order chi connectivity index (χ0) is 27.4. The molecule has 1 N–H and O–H groups in total. The van der Waals surface area contributed by atoms with Crippen LogP contribution in [0.4, 0.5) is 5.00 Å². The number of hydrogen-bond acceptors (Lipinski definition) is 7. The maximum atomic E-state index is 12.8. The van der Waals surface area contributed by atoms with E-state index in [0.717, 1.165) is 37.0 Å². The molecule has 0 bridgehead atoms. The van der Waals surface area contributed by atoms with Crippen LogP contribution >= 0.6 is 23.1 Å². The summed E-state index contributed by atoms with van der Waals surface area (Å²) in [6.45, 7) is 11.5. The van der Waals surface area contributed by atoms with E-state index in [1.807, 2.05) is 23.7 Å². The molecule has 0 fully saturated rings. The van der Waals surface area contributed by atoms with Crippen molar-refractivity contribution in [1.29, 1.82) is 5.26 Å². The van der Waals surface area contributed by atoms with Crippen LogP contribution < -0.4 is 10.1 Å². The maximum absolute atomic E-state index is 12.8. The quantitative estimate of drug-likeness (QED) is 0.281. The summed E-state index contributed by atoms with van der Waals surface area (Å²) in [5.41, 5.74) is 3.30. The maximum Gasteiger partial charge on any atom is 0.235 e. The van der Waals surface area contributed by atoms with Crippen molar-refractivity contribution in [3.05, 3.63) is 51.7 Å². The fraction of sp³-hybridized carbons (Fsp3) is 0.517. The molecule has 202 valence electrons. The van der Waals surface area contributed by atoms with Crippen LogP contribution in [-0.2, 0) is 31.3 Å². The number of nitrogens with one attached hydrogen (secondary N) is 1. The topological polar surface area (TPSA) is 92.8 Å². The average molecular weight is 552 g/mol. The van der Waals surface area contributed by atoms with Crippen molar-refractivity contribution in [2.24, 2.45) is 18.4 Å². The molecule has 1 amide bonds. The molecular weight excluding hydrogens is 514 g/mol. The zero-order valence-electron chi connectivity index (χ0n) is 23.1. The van der Waals surface area contributed by atoms with Crippen molar-refractivity contribution in [1.82, 2.24) is 14.8 Å². The molecular formula is C29H37N5O2S2. The van der Waals surface area contributed by atoms with Crippen molar-refractivity contribution in [2.45, 2.75) is 78.0 Å². The third-order valence-corrected chi connectivity index (χ3v) is 10.0. The van der Waals surface area contributed by atoms with Crippen LogP contribution in [0.5, 0.6) is 5.75 Å². The van der Waals surface area contributed by atoms with Gasteiger partial charge in [-0.25, -0.2) is 0 Å². The van der Waals surface area contributed by atoms with E-state index in [9.17, 15) is 10.1 Å². The summed E-state index contributed by atoms with van der Waals surface area (Å²) in [6.07, 6.45) is 4.10. The lowest BCUT2D eigenvalue weighted by Gasteiger charge is -2.36. The molecule has 9 heteroatoms. The summed E-state index contributed by atoms with van der Waals surface area (Å²) in [7, 11) is 1.87. The van der Waals surface area contributed by atoms with Crippen molar-refractivity contribution >= 4 is 34.0 Å². The normalized spacial score (nSPS) is 15.3. The monoisotopic (exact) mass is 551 g/mol.